The highest BCUT2D eigenvalue weighted by molar-refractivity contribution is 9.10. The SMILES string of the molecule is O=C(c1c(F)cccc1Br)N1CCCNc2ccccc21. The van der Waals surface area contributed by atoms with Gasteiger partial charge in [-0.1, -0.05) is 18.2 Å². The van der Waals surface area contributed by atoms with Gasteiger partial charge in [0.1, 0.15) is 5.82 Å². The van der Waals surface area contributed by atoms with Crippen LogP contribution in [0.3, 0.4) is 0 Å². The van der Waals surface area contributed by atoms with Gasteiger partial charge in [0.2, 0.25) is 0 Å². The van der Waals surface area contributed by atoms with Crippen molar-refractivity contribution in [1.82, 2.24) is 0 Å². The number of halogens is 2. The molecule has 0 bridgehead atoms. The predicted octanol–water partition coefficient (Wildman–Crippen LogP) is 4.05. The Morgan fingerprint density at radius 3 is 2.81 bits per heavy atom. The van der Waals surface area contributed by atoms with Gasteiger partial charge in [0.15, 0.2) is 0 Å². The van der Waals surface area contributed by atoms with E-state index in [-0.39, 0.29) is 11.5 Å². The Morgan fingerprint density at radius 1 is 1.19 bits per heavy atom. The molecule has 2 aromatic rings. The van der Waals surface area contributed by atoms with Gasteiger partial charge in [0.05, 0.1) is 16.9 Å². The van der Waals surface area contributed by atoms with Crippen LogP contribution in [0.15, 0.2) is 46.9 Å². The van der Waals surface area contributed by atoms with Gasteiger partial charge in [0.25, 0.3) is 5.91 Å². The third-order valence-electron chi connectivity index (χ3n) is 3.49. The largest absolute Gasteiger partial charge is 0.383 e. The van der Waals surface area contributed by atoms with E-state index in [4.69, 9.17) is 0 Å². The second-order valence-corrected chi connectivity index (χ2v) is 5.71. The summed E-state index contributed by atoms with van der Waals surface area (Å²) in [4.78, 5) is 14.4. The molecule has 0 saturated carbocycles. The van der Waals surface area contributed by atoms with Crippen LogP contribution in [0.1, 0.15) is 16.8 Å². The summed E-state index contributed by atoms with van der Waals surface area (Å²) < 4.78 is 14.5. The lowest BCUT2D eigenvalue weighted by atomic mass is 10.1. The number of nitrogens with zero attached hydrogens (tertiary/aromatic N) is 1. The van der Waals surface area contributed by atoms with Crippen LogP contribution in [0.5, 0.6) is 0 Å². The van der Waals surface area contributed by atoms with Crippen LogP contribution in [0.2, 0.25) is 0 Å². The van der Waals surface area contributed by atoms with E-state index in [1.807, 2.05) is 24.3 Å². The van der Waals surface area contributed by atoms with Gasteiger partial charge in [-0.05, 0) is 46.6 Å². The minimum atomic E-state index is -0.510. The van der Waals surface area contributed by atoms with E-state index < -0.39 is 5.82 Å². The molecule has 3 nitrogen and oxygen atoms in total. The molecule has 2 aromatic carbocycles. The maximum Gasteiger partial charge on any atom is 0.262 e. The molecular weight excluding hydrogens is 335 g/mol. The summed E-state index contributed by atoms with van der Waals surface area (Å²) in [6.07, 6.45) is 0.812. The Morgan fingerprint density at radius 2 is 2.00 bits per heavy atom. The van der Waals surface area contributed by atoms with Crippen molar-refractivity contribution in [2.75, 3.05) is 23.3 Å². The van der Waals surface area contributed by atoms with Crippen LogP contribution in [0.25, 0.3) is 0 Å². The zero-order valence-corrected chi connectivity index (χ0v) is 12.9. The number of anilines is 2. The van der Waals surface area contributed by atoms with E-state index in [1.165, 1.54) is 6.07 Å². The highest BCUT2D eigenvalue weighted by Crippen LogP contribution is 2.31. The maximum absolute atomic E-state index is 14.0. The fourth-order valence-electron chi connectivity index (χ4n) is 2.49. The molecule has 0 aromatic heterocycles. The lowest BCUT2D eigenvalue weighted by Gasteiger charge is -2.23. The number of benzene rings is 2. The average molecular weight is 349 g/mol. The molecule has 0 unspecified atom stereocenters. The third kappa shape index (κ3) is 2.65. The Bertz CT molecular complexity index is 669. The molecular formula is C16H14BrFN2O. The van der Waals surface area contributed by atoms with Crippen molar-refractivity contribution >= 4 is 33.2 Å². The van der Waals surface area contributed by atoms with Gasteiger partial charge in [0, 0.05) is 17.6 Å². The van der Waals surface area contributed by atoms with Gasteiger partial charge < -0.3 is 10.2 Å². The molecule has 0 saturated heterocycles. The number of hydrogen-bond acceptors (Lipinski definition) is 2. The van der Waals surface area contributed by atoms with Gasteiger partial charge in [-0.3, -0.25) is 4.79 Å². The first kappa shape index (κ1) is 14.1. The van der Waals surface area contributed by atoms with E-state index in [0.717, 1.165) is 24.3 Å². The molecule has 1 heterocycles. The zero-order chi connectivity index (χ0) is 14.8. The Hall–Kier alpha value is -1.88. The first-order chi connectivity index (χ1) is 10.2. The van der Waals surface area contributed by atoms with E-state index in [0.29, 0.717) is 11.0 Å². The first-order valence-electron chi connectivity index (χ1n) is 6.77. The summed E-state index contributed by atoms with van der Waals surface area (Å²) in [5.74, 6) is -0.833. The summed E-state index contributed by atoms with van der Waals surface area (Å²) in [5.41, 5.74) is 1.76. The highest BCUT2D eigenvalue weighted by atomic mass is 79.9. The molecule has 1 N–H and O–H groups in total. The number of carbonyl (C=O) groups excluding carboxylic acids is 1. The minimum Gasteiger partial charge on any atom is -0.383 e. The Balaban J connectivity index is 2.06. The van der Waals surface area contributed by atoms with E-state index in [1.54, 1.807) is 17.0 Å². The van der Waals surface area contributed by atoms with Crippen molar-refractivity contribution < 1.29 is 9.18 Å². The number of fused-ring (bicyclic) bond motifs is 1. The second-order valence-electron chi connectivity index (χ2n) is 4.85. The smallest absolute Gasteiger partial charge is 0.262 e. The predicted molar refractivity (Wildman–Crippen MR) is 85.3 cm³/mol. The van der Waals surface area contributed by atoms with Crippen molar-refractivity contribution in [3.05, 3.63) is 58.3 Å². The monoisotopic (exact) mass is 348 g/mol. The molecule has 0 atom stereocenters. The van der Waals surface area contributed by atoms with E-state index in [2.05, 4.69) is 21.2 Å². The van der Waals surface area contributed by atoms with Crippen LogP contribution in [0, 0.1) is 5.82 Å². The van der Waals surface area contributed by atoms with Crippen molar-refractivity contribution in [2.45, 2.75) is 6.42 Å². The summed E-state index contributed by atoms with van der Waals surface area (Å²) in [6.45, 7) is 1.35. The number of hydrogen-bond donors (Lipinski definition) is 1. The Labute approximate surface area is 130 Å². The normalized spacial score (nSPS) is 14.1. The van der Waals surface area contributed by atoms with Crippen LogP contribution >= 0.6 is 15.9 Å². The van der Waals surface area contributed by atoms with Gasteiger partial charge in [-0.25, -0.2) is 4.39 Å². The molecule has 3 rings (SSSR count). The molecule has 0 spiro atoms. The first-order valence-corrected chi connectivity index (χ1v) is 7.56. The molecule has 21 heavy (non-hydrogen) atoms. The van der Waals surface area contributed by atoms with Crippen molar-refractivity contribution in [1.29, 1.82) is 0 Å². The minimum absolute atomic E-state index is 0.0780. The molecule has 1 aliphatic rings. The molecule has 0 radical (unpaired) electrons. The third-order valence-corrected chi connectivity index (χ3v) is 4.15. The van der Waals surface area contributed by atoms with Crippen molar-refractivity contribution in [3.63, 3.8) is 0 Å². The summed E-state index contributed by atoms with van der Waals surface area (Å²) in [6, 6.07) is 12.2. The van der Waals surface area contributed by atoms with Gasteiger partial charge >= 0.3 is 0 Å². The fraction of sp³-hybridized carbons (Fsp3) is 0.188. The molecule has 0 aliphatic carbocycles. The number of nitrogens with one attached hydrogen (secondary N) is 1. The number of amides is 1. The van der Waals surface area contributed by atoms with Crippen LogP contribution in [-0.4, -0.2) is 19.0 Å². The number of carbonyl (C=O) groups is 1. The lowest BCUT2D eigenvalue weighted by Crippen LogP contribution is -2.32. The summed E-state index contributed by atoms with van der Waals surface area (Å²) >= 11 is 3.27. The summed E-state index contributed by atoms with van der Waals surface area (Å²) in [5, 5.41) is 3.29. The lowest BCUT2D eigenvalue weighted by molar-refractivity contribution is 0.0982. The molecule has 1 amide bonds. The average Bonchev–Trinajstić information content (AvgIpc) is 2.69. The van der Waals surface area contributed by atoms with Gasteiger partial charge in [-0.15, -0.1) is 0 Å². The number of rotatable bonds is 1. The van der Waals surface area contributed by atoms with Crippen LogP contribution in [-0.2, 0) is 0 Å². The molecule has 108 valence electrons. The Kier molecular flexibility index (Phi) is 3.92. The molecule has 1 aliphatic heterocycles. The van der Waals surface area contributed by atoms with Gasteiger partial charge in [-0.2, -0.15) is 0 Å². The van der Waals surface area contributed by atoms with Crippen molar-refractivity contribution in [3.8, 4) is 0 Å². The quantitative estimate of drug-likeness (QED) is 0.843. The van der Waals surface area contributed by atoms with Crippen LogP contribution < -0.4 is 10.2 Å². The summed E-state index contributed by atoms with van der Waals surface area (Å²) in [7, 11) is 0. The second kappa shape index (κ2) is 5.85. The van der Waals surface area contributed by atoms with Crippen LogP contribution in [0.4, 0.5) is 15.8 Å². The molecule has 5 heteroatoms. The van der Waals surface area contributed by atoms with E-state index >= 15 is 0 Å². The van der Waals surface area contributed by atoms with Crippen molar-refractivity contribution in [2.24, 2.45) is 0 Å². The number of para-hydroxylation sites is 2. The zero-order valence-electron chi connectivity index (χ0n) is 11.3. The highest BCUT2D eigenvalue weighted by Gasteiger charge is 2.25. The maximum atomic E-state index is 14.0. The topological polar surface area (TPSA) is 32.3 Å². The van der Waals surface area contributed by atoms with E-state index in [9.17, 15) is 9.18 Å². The molecule has 0 fully saturated rings. The fourth-order valence-corrected chi connectivity index (χ4v) is 3.00. The standard InChI is InChI=1S/C16H14BrFN2O/c17-11-5-3-6-12(18)15(11)16(21)20-10-4-9-19-13-7-1-2-8-14(13)20/h1-3,5-8,19H,4,9-10H2.